The molecule has 0 fully saturated rings. The van der Waals surface area contributed by atoms with Gasteiger partial charge in [-0.1, -0.05) is 25.7 Å². The molecule has 3 rings (SSSR count). The monoisotopic (exact) mass is 277 g/mol. The molecule has 0 spiro atoms. The number of rotatable bonds is 0. The Morgan fingerprint density at radius 3 is 2.47 bits per heavy atom. The second kappa shape index (κ2) is 6.26. The van der Waals surface area contributed by atoms with Gasteiger partial charge in [0.1, 0.15) is 0 Å². The molecule has 2 heteroatoms. The molecule has 1 unspecified atom stereocenters. The molecule has 2 bridgehead atoms. The summed E-state index contributed by atoms with van der Waals surface area (Å²) in [6.07, 6.45) is 14.0. The summed E-state index contributed by atoms with van der Waals surface area (Å²) in [4.78, 5) is 4.91. The molecule has 1 heterocycles. The molecule has 0 radical (unpaired) electrons. The van der Waals surface area contributed by atoms with Crippen LogP contribution < -0.4 is 0 Å². The van der Waals surface area contributed by atoms with Gasteiger partial charge in [0, 0.05) is 11.4 Å². The maximum atomic E-state index is 6.57. The number of hydrogen-bond donors (Lipinski definition) is 0. The van der Waals surface area contributed by atoms with Gasteiger partial charge < -0.3 is 0 Å². The molecule has 2 aliphatic carbocycles. The maximum Gasteiger partial charge on any atom is 0.0606 e. The van der Waals surface area contributed by atoms with Gasteiger partial charge in [-0.3, -0.25) is 4.98 Å². The van der Waals surface area contributed by atoms with E-state index >= 15 is 0 Å². The van der Waals surface area contributed by atoms with Crippen molar-refractivity contribution in [3.05, 3.63) is 28.6 Å². The summed E-state index contributed by atoms with van der Waals surface area (Å²) < 4.78 is 0. The van der Waals surface area contributed by atoms with Gasteiger partial charge in [-0.2, -0.15) is 0 Å². The third-order valence-corrected chi connectivity index (χ3v) is 5.03. The summed E-state index contributed by atoms with van der Waals surface area (Å²) >= 11 is 6.57. The first kappa shape index (κ1) is 13.4. The zero-order chi connectivity index (χ0) is 13.1. The van der Waals surface area contributed by atoms with Gasteiger partial charge >= 0.3 is 0 Å². The molecule has 0 amide bonds. The van der Waals surface area contributed by atoms with Crippen molar-refractivity contribution in [3.8, 4) is 0 Å². The molecule has 1 aromatic rings. The van der Waals surface area contributed by atoms with E-state index < -0.39 is 0 Å². The molecule has 0 aromatic carbocycles. The van der Waals surface area contributed by atoms with Crippen LogP contribution in [-0.4, -0.2) is 4.98 Å². The van der Waals surface area contributed by atoms with Gasteiger partial charge in [0.05, 0.1) is 5.38 Å². The fourth-order valence-corrected chi connectivity index (χ4v) is 3.98. The molecule has 2 aliphatic rings. The van der Waals surface area contributed by atoms with E-state index in [4.69, 9.17) is 16.6 Å². The number of pyridine rings is 1. The number of nitrogens with zero attached hydrogens (tertiary/aromatic N) is 1. The highest BCUT2D eigenvalue weighted by molar-refractivity contribution is 6.21. The molecule has 104 valence electrons. The molecule has 1 aromatic heterocycles. The van der Waals surface area contributed by atoms with Crippen LogP contribution in [0.2, 0.25) is 0 Å². The minimum atomic E-state index is 0.213. The van der Waals surface area contributed by atoms with Gasteiger partial charge in [0.2, 0.25) is 0 Å². The summed E-state index contributed by atoms with van der Waals surface area (Å²) in [6, 6.07) is 2.37. The SMILES string of the molecule is ClC1CCCc2nc3cc(c21)CCCCCCCC3. The summed E-state index contributed by atoms with van der Waals surface area (Å²) in [7, 11) is 0. The summed E-state index contributed by atoms with van der Waals surface area (Å²) in [6.45, 7) is 0. The average Bonchev–Trinajstić information content (AvgIpc) is 2.44. The fraction of sp³-hybridized carbons (Fsp3) is 0.706. The van der Waals surface area contributed by atoms with E-state index in [2.05, 4.69) is 6.07 Å². The maximum absolute atomic E-state index is 6.57. The fourth-order valence-electron chi connectivity index (χ4n) is 3.56. The average molecular weight is 278 g/mol. The molecule has 0 saturated carbocycles. The van der Waals surface area contributed by atoms with Gasteiger partial charge in [-0.05, 0) is 62.1 Å². The molecule has 0 aliphatic heterocycles. The Morgan fingerprint density at radius 2 is 1.63 bits per heavy atom. The van der Waals surface area contributed by atoms with Crippen molar-refractivity contribution in [2.75, 3.05) is 0 Å². The predicted molar refractivity (Wildman–Crippen MR) is 80.9 cm³/mol. The first-order chi connectivity index (χ1) is 9.34. The minimum Gasteiger partial charge on any atom is -0.258 e. The van der Waals surface area contributed by atoms with Crippen molar-refractivity contribution < 1.29 is 0 Å². The summed E-state index contributed by atoms with van der Waals surface area (Å²) in [5.41, 5.74) is 5.55. The van der Waals surface area contributed by atoms with Crippen LogP contribution in [-0.2, 0) is 19.3 Å². The van der Waals surface area contributed by atoms with Crippen molar-refractivity contribution in [3.63, 3.8) is 0 Å². The van der Waals surface area contributed by atoms with Crippen LogP contribution in [0.15, 0.2) is 6.07 Å². The smallest absolute Gasteiger partial charge is 0.0606 e. The number of alkyl halides is 1. The zero-order valence-corrected chi connectivity index (χ0v) is 12.5. The number of hydrogen-bond acceptors (Lipinski definition) is 1. The van der Waals surface area contributed by atoms with Crippen molar-refractivity contribution in [1.82, 2.24) is 4.98 Å². The molecule has 0 N–H and O–H groups in total. The van der Waals surface area contributed by atoms with E-state index in [9.17, 15) is 0 Å². The third-order valence-electron chi connectivity index (χ3n) is 4.59. The van der Waals surface area contributed by atoms with E-state index in [0.29, 0.717) is 0 Å². The topological polar surface area (TPSA) is 12.9 Å². The second-order valence-electron chi connectivity index (χ2n) is 6.11. The van der Waals surface area contributed by atoms with Crippen molar-refractivity contribution in [1.29, 1.82) is 0 Å². The number of halogens is 1. The van der Waals surface area contributed by atoms with E-state index in [1.807, 2.05) is 0 Å². The Labute approximate surface area is 121 Å². The number of fused-ring (bicyclic) bond motifs is 4. The highest BCUT2D eigenvalue weighted by Crippen LogP contribution is 2.37. The molecule has 19 heavy (non-hydrogen) atoms. The lowest BCUT2D eigenvalue weighted by atomic mass is 9.89. The minimum absolute atomic E-state index is 0.213. The quantitative estimate of drug-likeness (QED) is 0.599. The largest absolute Gasteiger partial charge is 0.258 e. The van der Waals surface area contributed by atoms with E-state index in [-0.39, 0.29) is 5.38 Å². The lowest BCUT2D eigenvalue weighted by Gasteiger charge is -2.24. The lowest BCUT2D eigenvalue weighted by molar-refractivity contribution is 0.596. The highest BCUT2D eigenvalue weighted by Gasteiger charge is 2.23. The van der Waals surface area contributed by atoms with Gasteiger partial charge in [-0.25, -0.2) is 0 Å². The number of aromatic nitrogens is 1. The van der Waals surface area contributed by atoms with Crippen LogP contribution in [0.4, 0.5) is 0 Å². The van der Waals surface area contributed by atoms with Gasteiger partial charge in [-0.15, -0.1) is 11.6 Å². The first-order valence-corrected chi connectivity index (χ1v) is 8.44. The van der Waals surface area contributed by atoms with Crippen LogP contribution in [0, 0.1) is 0 Å². The Kier molecular flexibility index (Phi) is 4.42. The van der Waals surface area contributed by atoms with Gasteiger partial charge in [0.25, 0.3) is 0 Å². The predicted octanol–water partition coefficient (Wildman–Crippen LogP) is 5.14. The summed E-state index contributed by atoms with van der Waals surface area (Å²) in [5, 5.41) is 0.213. The lowest BCUT2D eigenvalue weighted by Crippen LogP contribution is -2.13. The van der Waals surface area contributed by atoms with E-state index in [1.54, 1.807) is 0 Å². The van der Waals surface area contributed by atoms with Crippen LogP contribution in [0.3, 0.4) is 0 Å². The Balaban J connectivity index is 1.95. The molecule has 1 nitrogen and oxygen atoms in total. The normalized spacial score (nSPS) is 24.4. The number of aryl methyl sites for hydroxylation is 3. The van der Waals surface area contributed by atoms with Crippen LogP contribution in [0.25, 0.3) is 0 Å². The molecule has 1 atom stereocenters. The third kappa shape index (κ3) is 3.13. The highest BCUT2D eigenvalue weighted by atomic mass is 35.5. The van der Waals surface area contributed by atoms with Crippen molar-refractivity contribution in [2.45, 2.75) is 76.0 Å². The second-order valence-corrected chi connectivity index (χ2v) is 6.64. The van der Waals surface area contributed by atoms with Gasteiger partial charge in [0.15, 0.2) is 0 Å². The van der Waals surface area contributed by atoms with Crippen molar-refractivity contribution in [2.24, 2.45) is 0 Å². The van der Waals surface area contributed by atoms with Crippen molar-refractivity contribution >= 4 is 11.6 Å². The molecule has 0 saturated heterocycles. The van der Waals surface area contributed by atoms with E-state index in [0.717, 1.165) is 19.3 Å². The zero-order valence-electron chi connectivity index (χ0n) is 11.8. The Hall–Kier alpha value is -0.560. The van der Waals surface area contributed by atoms with Crippen LogP contribution in [0.1, 0.15) is 79.3 Å². The molecular formula is C17H24ClN. The van der Waals surface area contributed by atoms with E-state index in [1.165, 1.54) is 73.9 Å². The Bertz CT molecular complexity index is 441. The van der Waals surface area contributed by atoms with Crippen LogP contribution >= 0.6 is 11.6 Å². The first-order valence-electron chi connectivity index (χ1n) is 8.00. The standard InChI is InChI=1S/C17H24ClN/c18-15-10-7-11-16-17(15)13-8-5-3-1-2-4-6-9-14(12-13)19-16/h12,15H,1-11H2. The van der Waals surface area contributed by atoms with Crippen LogP contribution in [0.5, 0.6) is 0 Å². The molecular weight excluding hydrogens is 254 g/mol. The Morgan fingerprint density at radius 1 is 0.895 bits per heavy atom. The summed E-state index contributed by atoms with van der Waals surface area (Å²) in [5.74, 6) is 0.